The maximum atomic E-state index is 5.83. The first kappa shape index (κ1) is 17.6. The van der Waals surface area contributed by atoms with Crippen molar-refractivity contribution in [2.75, 3.05) is 7.11 Å². The van der Waals surface area contributed by atoms with Crippen molar-refractivity contribution in [2.24, 2.45) is 0 Å². The second-order valence-corrected chi connectivity index (χ2v) is 5.84. The van der Waals surface area contributed by atoms with Gasteiger partial charge < -0.3 is 14.8 Å². The van der Waals surface area contributed by atoms with E-state index in [0.717, 1.165) is 30.0 Å². The molecule has 0 aliphatic rings. The first-order valence-corrected chi connectivity index (χ1v) is 8.13. The molecule has 0 aliphatic carbocycles. The number of aromatic nitrogens is 1. The first-order chi connectivity index (χ1) is 11.1. The summed E-state index contributed by atoms with van der Waals surface area (Å²) in [5.74, 6) is 1.45. The summed E-state index contributed by atoms with van der Waals surface area (Å²) >= 11 is 5.78. The summed E-state index contributed by atoms with van der Waals surface area (Å²) in [6.45, 7) is 5.58. The van der Waals surface area contributed by atoms with E-state index in [1.807, 2.05) is 24.3 Å². The van der Waals surface area contributed by atoms with Gasteiger partial charge in [0.05, 0.1) is 7.11 Å². The zero-order valence-electron chi connectivity index (χ0n) is 13.8. The van der Waals surface area contributed by atoms with E-state index in [-0.39, 0.29) is 0 Å². The number of rotatable bonds is 8. The molecule has 1 atom stereocenters. The van der Waals surface area contributed by atoms with Gasteiger partial charge in [-0.05, 0) is 37.1 Å². The summed E-state index contributed by atoms with van der Waals surface area (Å²) in [5.41, 5.74) is 2.13. The fourth-order valence-corrected chi connectivity index (χ4v) is 2.14. The van der Waals surface area contributed by atoms with Crippen LogP contribution < -0.4 is 14.8 Å². The van der Waals surface area contributed by atoms with Gasteiger partial charge >= 0.3 is 0 Å². The highest BCUT2D eigenvalue weighted by Crippen LogP contribution is 2.29. The Hall–Kier alpha value is -1.78. The van der Waals surface area contributed by atoms with Crippen LogP contribution in [0.15, 0.2) is 36.5 Å². The Morgan fingerprint density at radius 1 is 1.17 bits per heavy atom. The summed E-state index contributed by atoms with van der Waals surface area (Å²) < 4.78 is 11.3. The van der Waals surface area contributed by atoms with E-state index in [9.17, 15) is 0 Å². The van der Waals surface area contributed by atoms with E-state index in [1.165, 1.54) is 5.56 Å². The Morgan fingerprint density at radius 2 is 1.96 bits per heavy atom. The fraction of sp³-hybridized carbons (Fsp3) is 0.389. The lowest BCUT2D eigenvalue weighted by Crippen LogP contribution is -2.24. The molecule has 2 aromatic rings. The molecular weight excluding hydrogens is 312 g/mol. The van der Waals surface area contributed by atoms with Crippen molar-refractivity contribution in [3.8, 4) is 11.5 Å². The smallest absolute Gasteiger partial charge is 0.161 e. The van der Waals surface area contributed by atoms with Crippen LogP contribution in [0.2, 0.25) is 5.15 Å². The highest BCUT2D eigenvalue weighted by atomic mass is 35.5. The minimum Gasteiger partial charge on any atom is -0.493 e. The van der Waals surface area contributed by atoms with Crippen LogP contribution >= 0.6 is 11.6 Å². The normalized spacial score (nSPS) is 12.0. The standard InChI is InChI=1S/C18H23ClN2O2/c1-4-13(2)20-10-14-5-7-16(17(9-14)22-3)23-12-15-6-8-18(19)21-11-15/h5-9,11,13,20H,4,10,12H2,1-3H3/t13-/m1/s1. The Morgan fingerprint density at radius 3 is 2.61 bits per heavy atom. The Balaban J connectivity index is 1.99. The van der Waals surface area contributed by atoms with Crippen LogP contribution in [-0.4, -0.2) is 18.1 Å². The van der Waals surface area contributed by atoms with E-state index in [1.54, 1.807) is 19.4 Å². The van der Waals surface area contributed by atoms with Gasteiger partial charge in [0.1, 0.15) is 11.8 Å². The van der Waals surface area contributed by atoms with Crippen LogP contribution in [0.1, 0.15) is 31.4 Å². The molecule has 0 aliphatic heterocycles. The molecule has 0 unspecified atom stereocenters. The second kappa shape index (κ2) is 8.75. The molecule has 0 saturated heterocycles. The van der Waals surface area contributed by atoms with Crippen LogP contribution in [-0.2, 0) is 13.2 Å². The van der Waals surface area contributed by atoms with E-state index in [2.05, 4.69) is 24.1 Å². The van der Waals surface area contributed by atoms with Crippen LogP contribution in [0.4, 0.5) is 0 Å². The summed E-state index contributed by atoms with van der Waals surface area (Å²) in [7, 11) is 1.65. The lowest BCUT2D eigenvalue weighted by atomic mass is 10.1. The summed E-state index contributed by atoms with van der Waals surface area (Å²) in [5, 5.41) is 3.94. The first-order valence-electron chi connectivity index (χ1n) is 7.76. The monoisotopic (exact) mass is 334 g/mol. The maximum Gasteiger partial charge on any atom is 0.161 e. The van der Waals surface area contributed by atoms with Crippen molar-refractivity contribution in [3.63, 3.8) is 0 Å². The van der Waals surface area contributed by atoms with Gasteiger partial charge in [0.25, 0.3) is 0 Å². The predicted octanol–water partition coefficient (Wildman–Crippen LogP) is 4.21. The van der Waals surface area contributed by atoms with Crippen LogP contribution in [0.5, 0.6) is 11.5 Å². The number of hydrogen-bond donors (Lipinski definition) is 1. The molecule has 2 rings (SSSR count). The number of nitrogens with zero attached hydrogens (tertiary/aromatic N) is 1. The zero-order valence-corrected chi connectivity index (χ0v) is 14.6. The predicted molar refractivity (Wildman–Crippen MR) is 93.2 cm³/mol. The van der Waals surface area contributed by atoms with Crippen molar-refractivity contribution in [1.29, 1.82) is 0 Å². The van der Waals surface area contributed by atoms with Gasteiger partial charge in [0, 0.05) is 24.3 Å². The number of nitrogens with one attached hydrogen (secondary N) is 1. The number of methoxy groups -OCH3 is 1. The fourth-order valence-electron chi connectivity index (χ4n) is 2.03. The Bertz CT molecular complexity index is 617. The van der Waals surface area contributed by atoms with Crippen molar-refractivity contribution in [2.45, 2.75) is 39.5 Å². The molecule has 23 heavy (non-hydrogen) atoms. The molecule has 0 bridgehead atoms. The van der Waals surface area contributed by atoms with E-state index < -0.39 is 0 Å². The number of benzene rings is 1. The van der Waals surface area contributed by atoms with Crippen molar-refractivity contribution in [1.82, 2.24) is 10.3 Å². The maximum absolute atomic E-state index is 5.83. The van der Waals surface area contributed by atoms with E-state index >= 15 is 0 Å². The average molecular weight is 335 g/mol. The molecule has 1 aromatic carbocycles. The minimum atomic E-state index is 0.422. The minimum absolute atomic E-state index is 0.422. The van der Waals surface area contributed by atoms with Crippen LogP contribution in [0, 0.1) is 0 Å². The quantitative estimate of drug-likeness (QED) is 0.734. The number of ether oxygens (including phenoxy) is 2. The van der Waals surface area contributed by atoms with E-state index in [4.69, 9.17) is 21.1 Å². The molecule has 0 saturated carbocycles. The number of halogens is 1. The van der Waals surface area contributed by atoms with Crippen molar-refractivity contribution in [3.05, 3.63) is 52.8 Å². The largest absolute Gasteiger partial charge is 0.493 e. The summed E-state index contributed by atoms with van der Waals surface area (Å²) in [6.07, 6.45) is 2.81. The van der Waals surface area contributed by atoms with Crippen molar-refractivity contribution < 1.29 is 9.47 Å². The van der Waals surface area contributed by atoms with Gasteiger partial charge in [-0.2, -0.15) is 0 Å². The molecule has 0 fully saturated rings. The molecule has 124 valence electrons. The molecule has 0 spiro atoms. The summed E-state index contributed by atoms with van der Waals surface area (Å²) in [6, 6.07) is 10.1. The molecule has 1 heterocycles. The molecular formula is C18H23ClN2O2. The molecule has 0 amide bonds. The number of pyridine rings is 1. The highest BCUT2D eigenvalue weighted by molar-refractivity contribution is 6.29. The van der Waals surface area contributed by atoms with Crippen molar-refractivity contribution >= 4 is 11.6 Å². The SMILES string of the molecule is CC[C@@H](C)NCc1ccc(OCc2ccc(Cl)nc2)c(OC)c1. The second-order valence-electron chi connectivity index (χ2n) is 5.45. The van der Waals surface area contributed by atoms with Gasteiger partial charge in [-0.25, -0.2) is 4.98 Å². The average Bonchev–Trinajstić information content (AvgIpc) is 2.59. The van der Waals surface area contributed by atoms with Gasteiger partial charge in [0.15, 0.2) is 11.5 Å². The number of hydrogen-bond acceptors (Lipinski definition) is 4. The molecule has 4 nitrogen and oxygen atoms in total. The Labute approximate surface area is 142 Å². The molecule has 0 radical (unpaired) electrons. The molecule has 5 heteroatoms. The lowest BCUT2D eigenvalue weighted by Gasteiger charge is -2.14. The van der Waals surface area contributed by atoms with E-state index in [0.29, 0.717) is 17.8 Å². The summed E-state index contributed by atoms with van der Waals surface area (Å²) in [4.78, 5) is 4.04. The third kappa shape index (κ3) is 5.41. The van der Waals surface area contributed by atoms with Gasteiger partial charge in [0.2, 0.25) is 0 Å². The zero-order chi connectivity index (χ0) is 16.7. The van der Waals surface area contributed by atoms with Gasteiger partial charge in [-0.15, -0.1) is 0 Å². The van der Waals surface area contributed by atoms with Gasteiger partial charge in [-0.3, -0.25) is 0 Å². The highest BCUT2D eigenvalue weighted by Gasteiger charge is 2.07. The topological polar surface area (TPSA) is 43.4 Å². The van der Waals surface area contributed by atoms with Gasteiger partial charge in [-0.1, -0.05) is 30.7 Å². The van der Waals surface area contributed by atoms with Crippen LogP contribution in [0.3, 0.4) is 0 Å². The van der Waals surface area contributed by atoms with Crippen LogP contribution in [0.25, 0.3) is 0 Å². The third-order valence-electron chi connectivity index (χ3n) is 3.68. The lowest BCUT2D eigenvalue weighted by molar-refractivity contribution is 0.284. The molecule has 1 N–H and O–H groups in total. The third-order valence-corrected chi connectivity index (χ3v) is 3.90. The molecule has 1 aromatic heterocycles. The Kier molecular flexibility index (Phi) is 6.68.